The molecule has 0 spiro atoms. The molecule has 0 aromatic heterocycles. The molecule has 0 bridgehead atoms. The molecule has 0 aliphatic carbocycles. The Labute approximate surface area is 210 Å². The second-order valence-electron chi connectivity index (χ2n) is 9.77. The molecule has 3 aliphatic rings. The number of carbonyl (C=O) groups is 4. The molecule has 3 amide bonds. The number of ketones is 1. The molecule has 3 heterocycles. The zero-order valence-corrected chi connectivity index (χ0v) is 20.4. The summed E-state index contributed by atoms with van der Waals surface area (Å²) in [5, 5.41) is 0. The molecule has 0 N–H and O–H groups in total. The van der Waals surface area contributed by atoms with Gasteiger partial charge in [-0.1, -0.05) is 43.3 Å². The van der Waals surface area contributed by atoms with Crippen molar-refractivity contribution in [3.63, 3.8) is 0 Å². The summed E-state index contributed by atoms with van der Waals surface area (Å²) in [7, 11) is 0. The van der Waals surface area contributed by atoms with Crippen molar-refractivity contribution in [2.75, 3.05) is 19.9 Å². The van der Waals surface area contributed by atoms with Gasteiger partial charge in [-0.25, -0.2) is 0 Å². The van der Waals surface area contributed by atoms with Gasteiger partial charge in [-0.05, 0) is 36.1 Å². The van der Waals surface area contributed by atoms with Crippen molar-refractivity contribution >= 4 is 23.5 Å². The van der Waals surface area contributed by atoms with Gasteiger partial charge in [0.25, 0.3) is 0 Å². The molecule has 188 valence electrons. The number of likely N-dealkylation sites (tertiary alicyclic amines) is 2. The van der Waals surface area contributed by atoms with Crippen LogP contribution in [0, 0.1) is 5.92 Å². The van der Waals surface area contributed by atoms with Gasteiger partial charge in [-0.15, -0.1) is 0 Å². The Morgan fingerprint density at radius 2 is 1.83 bits per heavy atom. The quantitative estimate of drug-likeness (QED) is 0.554. The van der Waals surface area contributed by atoms with Crippen LogP contribution in [-0.4, -0.2) is 53.2 Å². The number of carbonyl (C=O) groups excluding carboxylic acids is 4. The van der Waals surface area contributed by atoms with Crippen LogP contribution in [0.15, 0.2) is 48.5 Å². The van der Waals surface area contributed by atoms with E-state index in [1.165, 1.54) is 4.90 Å². The minimum absolute atomic E-state index is 0.0721. The average Bonchev–Trinajstić information content (AvgIpc) is 3.47. The minimum Gasteiger partial charge on any atom is -0.454 e. The Balaban J connectivity index is 1.40. The monoisotopic (exact) mass is 490 g/mol. The summed E-state index contributed by atoms with van der Waals surface area (Å²) in [6.07, 6.45) is 1.80. The molecule has 2 aromatic carbocycles. The van der Waals surface area contributed by atoms with Crippen molar-refractivity contribution in [3.05, 3.63) is 59.7 Å². The van der Waals surface area contributed by atoms with Crippen molar-refractivity contribution < 1.29 is 28.7 Å². The van der Waals surface area contributed by atoms with E-state index in [-0.39, 0.29) is 55.6 Å². The fourth-order valence-electron chi connectivity index (χ4n) is 5.53. The molecule has 3 aliphatic heterocycles. The van der Waals surface area contributed by atoms with Crippen molar-refractivity contribution in [2.24, 2.45) is 5.92 Å². The molecule has 2 fully saturated rings. The Kier molecular flexibility index (Phi) is 6.51. The molecule has 8 heteroatoms. The highest BCUT2D eigenvalue weighted by molar-refractivity contribution is 6.10. The molecule has 0 unspecified atom stereocenters. The zero-order valence-electron chi connectivity index (χ0n) is 20.4. The van der Waals surface area contributed by atoms with E-state index in [1.807, 2.05) is 37.3 Å². The number of hydrogen-bond donors (Lipinski definition) is 0. The number of ether oxygens (including phenoxy) is 2. The van der Waals surface area contributed by atoms with Crippen molar-refractivity contribution in [1.29, 1.82) is 0 Å². The maximum atomic E-state index is 13.9. The third-order valence-corrected chi connectivity index (χ3v) is 7.54. The van der Waals surface area contributed by atoms with Gasteiger partial charge in [-0.3, -0.25) is 24.1 Å². The number of piperidine rings is 1. The fraction of sp³-hybridized carbons (Fsp3) is 0.429. The first-order chi connectivity index (χ1) is 17.4. The van der Waals surface area contributed by atoms with Gasteiger partial charge in [0.2, 0.25) is 24.5 Å². The first kappa shape index (κ1) is 24.0. The third kappa shape index (κ3) is 4.36. The number of amides is 3. The van der Waals surface area contributed by atoms with E-state index in [1.54, 1.807) is 23.1 Å². The molecule has 2 atom stereocenters. The Morgan fingerprint density at radius 1 is 1.06 bits per heavy atom. The van der Waals surface area contributed by atoms with Gasteiger partial charge in [0.05, 0.1) is 12.0 Å². The number of nitrogens with zero attached hydrogens (tertiary/aromatic N) is 2. The molecule has 2 saturated heterocycles. The van der Waals surface area contributed by atoms with E-state index in [0.29, 0.717) is 36.6 Å². The van der Waals surface area contributed by atoms with Crippen LogP contribution >= 0.6 is 0 Å². The van der Waals surface area contributed by atoms with Gasteiger partial charge in [0, 0.05) is 38.3 Å². The van der Waals surface area contributed by atoms with E-state index < -0.39 is 5.41 Å². The van der Waals surface area contributed by atoms with Crippen LogP contribution in [0.5, 0.6) is 11.5 Å². The van der Waals surface area contributed by atoms with Gasteiger partial charge < -0.3 is 14.4 Å². The van der Waals surface area contributed by atoms with E-state index in [2.05, 4.69) is 0 Å². The predicted octanol–water partition coefficient (Wildman–Crippen LogP) is 3.22. The molecule has 0 saturated carbocycles. The van der Waals surface area contributed by atoms with E-state index in [0.717, 1.165) is 18.4 Å². The van der Waals surface area contributed by atoms with E-state index >= 15 is 0 Å². The molecular formula is C28H30N2O6. The third-order valence-electron chi connectivity index (χ3n) is 7.54. The summed E-state index contributed by atoms with van der Waals surface area (Å²) in [5.74, 6) is 0.324. The van der Waals surface area contributed by atoms with Gasteiger partial charge in [-0.2, -0.15) is 0 Å². The molecule has 2 aromatic rings. The highest BCUT2D eigenvalue weighted by Gasteiger charge is 2.54. The lowest BCUT2D eigenvalue weighted by molar-refractivity contribution is -0.144. The molecule has 5 rings (SSSR count). The Bertz CT molecular complexity index is 1200. The summed E-state index contributed by atoms with van der Waals surface area (Å²) in [6.45, 7) is 3.00. The van der Waals surface area contributed by atoms with E-state index in [4.69, 9.17) is 9.47 Å². The second kappa shape index (κ2) is 9.76. The lowest BCUT2D eigenvalue weighted by Gasteiger charge is -2.35. The molecule has 0 radical (unpaired) electrons. The average molecular weight is 491 g/mol. The van der Waals surface area contributed by atoms with Crippen LogP contribution in [0.3, 0.4) is 0 Å². The lowest BCUT2D eigenvalue weighted by Crippen LogP contribution is -2.47. The predicted molar refractivity (Wildman–Crippen MR) is 130 cm³/mol. The SMILES string of the molecule is CCC(=O)[C@H]1CCCN(C(=O)C[C@]2(c3ccccc3)CC(=O)N(Cc3ccc4c(c3)OCO4)C2=O)C1. The minimum atomic E-state index is -1.27. The Hall–Kier alpha value is -3.68. The van der Waals surface area contributed by atoms with Crippen molar-refractivity contribution in [3.8, 4) is 11.5 Å². The number of hydrogen-bond acceptors (Lipinski definition) is 6. The summed E-state index contributed by atoms with van der Waals surface area (Å²) in [4.78, 5) is 55.9. The number of benzene rings is 2. The largest absolute Gasteiger partial charge is 0.454 e. The summed E-state index contributed by atoms with van der Waals surface area (Å²) in [6, 6.07) is 14.4. The lowest BCUT2D eigenvalue weighted by atomic mass is 9.75. The number of fused-ring (bicyclic) bond motifs is 1. The number of Topliss-reactive ketones (excluding diaryl/α,β-unsaturated/α-hetero) is 1. The van der Waals surface area contributed by atoms with Crippen LogP contribution in [0.4, 0.5) is 0 Å². The first-order valence-corrected chi connectivity index (χ1v) is 12.5. The summed E-state index contributed by atoms with van der Waals surface area (Å²) in [5.41, 5.74) is 0.129. The Morgan fingerprint density at radius 3 is 2.61 bits per heavy atom. The van der Waals surface area contributed by atoms with Gasteiger partial charge in [0.1, 0.15) is 5.78 Å². The van der Waals surface area contributed by atoms with Gasteiger partial charge >= 0.3 is 0 Å². The number of rotatable bonds is 7. The van der Waals surface area contributed by atoms with E-state index in [9.17, 15) is 19.2 Å². The number of imide groups is 1. The topological polar surface area (TPSA) is 93.2 Å². The van der Waals surface area contributed by atoms with Gasteiger partial charge in [0.15, 0.2) is 11.5 Å². The fourth-order valence-corrected chi connectivity index (χ4v) is 5.53. The zero-order chi connectivity index (χ0) is 25.3. The maximum absolute atomic E-state index is 13.9. The smallest absolute Gasteiger partial charge is 0.241 e. The summed E-state index contributed by atoms with van der Waals surface area (Å²) < 4.78 is 10.8. The maximum Gasteiger partial charge on any atom is 0.241 e. The van der Waals surface area contributed by atoms with Crippen LogP contribution in [-0.2, 0) is 31.1 Å². The second-order valence-corrected chi connectivity index (χ2v) is 9.77. The van der Waals surface area contributed by atoms with Crippen LogP contribution in [0.2, 0.25) is 0 Å². The van der Waals surface area contributed by atoms with Crippen LogP contribution < -0.4 is 9.47 Å². The highest BCUT2D eigenvalue weighted by Crippen LogP contribution is 2.42. The first-order valence-electron chi connectivity index (χ1n) is 12.5. The normalized spacial score (nSPS) is 23.3. The standard InChI is InChI=1S/C28H30N2O6/c1-2-22(31)20-7-6-12-29(17-20)25(32)14-28(21-8-4-3-5-9-21)15-26(33)30(27(28)34)16-19-10-11-23-24(13-19)36-18-35-23/h3-5,8-11,13,20H,2,6-7,12,14-18H2,1H3/t20-,28+/m0/s1. The molecule has 8 nitrogen and oxygen atoms in total. The highest BCUT2D eigenvalue weighted by atomic mass is 16.7. The molecule has 36 heavy (non-hydrogen) atoms. The molecular weight excluding hydrogens is 460 g/mol. The van der Waals surface area contributed by atoms with Crippen LogP contribution in [0.1, 0.15) is 50.2 Å². The van der Waals surface area contributed by atoms with Crippen molar-refractivity contribution in [2.45, 2.75) is 51.0 Å². The van der Waals surface area contributed by atoms with Crippen molar-refractivity contribution in [1.82, 2.24) is 9.80 Å². The summed E-state index contributed by atoms with van der Waals surface area (Å²) >= 11 is 0. The van der Waals surface area contributed by atoms with Crippen LogP contribution in [0.25, 0.3) is 0 Å².